The summed E-state index contributed by atoms with van der Waals surface area (Å²) in [7, 11) is 0. The van der Waals surface area contributed by atoms with E-state index in [0.717, 1.165) is 21.8 Å². The van der Waals surface area contributed by atoms with E-state index in [0.29, 0.717) is 0 Å². The molecule has 0 saturated carbocycles. The van der Waals surface area contributed by atoms with Crippen molar-refractivity contribution in [1.29, 1.82) is 0 Å². The van der Waals surface area contributed by atoms with Gasteiger partial charge in [-0.3, -0.25) is 4.98 Å². The molecule has 0 saturated heterocycles. The van der Waals surface area contributed by atoms with Gasteiger partial charge >= 0.3 is 0 Å². The summed E-state index contributed by atoms with van der Waals surface area (Å²) in [6, 6.07) is 6.01. The van der Waals surface area contributed by atoms with Crippen molar-refractivity contribution in [1.82, 2.24) is 15.0 Å². The second-order valence-corrected chi connectivity index (χ2v) is 6.61. The highest BCUT2D eigenvalue weighted by Crippen LogP contribution is 2.24. The van der Waals surface area contributed by atoms with Crippen LogP contribution in [0.2, 0.25) is 0 Å². The Morgan fingerprint density at radius 3 is 2.60 bits per heavy atom. The maximum Gasteiger partial charge on any atom is 0.137 e. The predicted molar refractivity (Wildman–Crippen MR) is 84.7 cm³/mol. The molecule has 1 atom stereocenters. The van der Waals surface area contributed by atoms with Gasteiger partial charge in [0, 0.05) is 23.9 Å². The van der Waals surface area contributed by atoms with Crippen LogP contribution in [0.4, 0.5) is 5.82 Å². The van der Waals surface area contributed by atoms with Crippen LogP contribution >= 0.6 is 15.9 Å². The first kappa shape index (κ1) is 14.9. The molecule has 2 aromatic rings. The third-order valence-electron chi connectivity index (χ3n) is 2.91. The van der Waals surface area contributed by atoms with Crippen molar-refractivity contribution >= 4 is 21.7 Å². The van der Waals surface area contributed by atoms with Gasteiger partial charge in [0.15, 0.2) is 0 Å². The van der Waals surface area contributed by atoms with E-state index in [9.17, 15) is 0 Å². The van der Waals surface area contributed by atoms with Crippen LogP contribution in [0.5, 0.6) is 0 Å². The molecule has 0 bridgehead atoms. The predicted octanol–water partition coefficient (Wildman–Crippen LogP) is 4.10. The average molecular weight is 335 g/mol. The average Bonchev–Trinajstić information content (AvgIpc) is 2.38. The first-order chi connectivity index (χ1) is 9.36. The van der Waals surface area contributed by atoms with E-state index in [2.05, 4.69) is 63.9 Å². The van der Waals surface area contributed by atoms with Crippen LogP contribution in [0.1, 0.15) is 45.1 Å². The Balaban J connectivity index is 2.24. The van der Waals surface area contributed by atoms with Crippen LogP contribution in [-0.4, -0.2) is 15.0 Å². The number of pyridine rings is 1. The lowest BCUT2D eigenvalue weighted by Gasteiger charge is -2.20. The minimum Gasteiger partial charge on any atom is -0.363 e. The number of nitrogens with zero attached hydrogens (tertiary/aromatic N) is 3. The summed E-state index contributed by atoms with van der Waals surface area (Å²) in [5.41, 5.74) is 1.04. The molecule has 0 aliphatic heterocycles. The smallest absolute Gasteiger partial charge is 0.137 e. The van der Waals surface area contributed by atoms with Gasteiger partial charge in [0.2, 0.25) is 0 Å². The van der Waals surface area contributed by atoms with Gasteiger partial charge in [-0.05, 0) is 34.5 Å². The van der Waals surface area contributed by atoms with Crippen molar-refractivity contribution in [2.75, 3.05) is 5.32 Å². The lowest BCUT2D eigenvalue weighted by molar-refractivity contribution is 0.544. The molecule has 2 aromatic heterocycles. The van der Waals surface area contributed by atoms with Gasteiger partial charge in [0.05, 0.1) is 6.04 Å². The van der Waals surface area contributed by atoms with E-state index < -0.39 is 0 Å². The largest absolute Gasteiger partial charge is 0.363 e. The van der Waals surface area contributed by atoms with E-state index in [1.165, 1.54) is 0 Å². The van der Waals surface area contributed by atoms with Crippen LogP contribution in [0.15, 0.2) is 35.2 Å². The van der Waals surface area contributed by atoms with Crippen LogP contribution < -0.4 is 5.32 Å². The number of anilines is 1. The molecule has 0 fully saturated rings. The third kappa shape index (κ3) is 3.76. The lowest BCUT2D eigenvalue weighted by Crippen LogP contribution is -2.18. The summed E-state index contributed by atoms with van der Waals surface area (Å²) >= 11 is 3.45. The highest BCUT2D eigenvalue weighted by Gasteiger charge is 2.19. The van der Waals surface area contributed by atoms with E-state index in [1.807, 2.05) is 24.4 Å². The Hall–Kier alpha value is -1.49. The van der Waals surface area contributed by atoms with Crippen molar-refractivity contribution < 1.29 is 0 Å². The molecule has 0 aromatic carbocycles. The van der Waals surface area contributed by atoms with Crippen molar-refractivity contribution in [2.45, 2.75) is 39.2 Å². The third-order valence-corrected chi connectivity index (χ3v) is 3.32. The second-order valence-electron chi connectivity index (χ2n) is 5.80. The van der Waals surface area contributed by atoms with Crippen molar-refractivity contribution in [2.24, 2.45) is 0 Å². The zero-order valence-corrected chi connectivity index (χ0v) is 13.8. The molecule has 106 valence electrons. The minimum atomic E-state index is -0.0856. The molecule has 1 N–H and O–H groups in total. The molecule has 20 heavy (non-hydrogen) atoms. The zero-order valence-electron chi connectivity index (χ0n) is 12.2. The Labute approximate surface area is 128 Å². The summed E-state index contributed by atoms with van der Waals surface area (Å²) in [5.74, 6) is 1.63. The number of rotatable bonds is 3. The van der Waals surface area contributed by atoms with E-state index in [4.69, 9.17) is 0 Å². The molecule has 0 amide bonds. The lowest BCUT2D eigenvalue weighted by atomic mass is 9.96. The maximum atomic E-state index is 4.60. The Bertz CT molecular complexity index is 578. The quantitative estimate of drug-likeness (QED) is 0.858. The monoisotopic (exact) mass is 334 g/mol. The number of nitrogens with one attached hydrogen (secondary N) is 1. The highest BCUT2D eigenvalue weighted by molar-refractivity contribution is 9.10. The van der Waals surface area contributed by atoms with E-state index >= 15 is 0 Å². The van der Waals surface area contributed by atoms with Crippen molar-refractivity contribution in [3.8, 4) is 0 Å². The number of halogens is 1. The fraction of sp³-hybridized carbons (Fsp3) is 0.400. The number of hydrogen-bond donors (Lipinski definition) is 1. The molecule has 0 aliphatic carbocycles. The fourth-order valence-electron chi connectivity index (χ4n) is 1.76. The normalized spacial score (nSPS) is 13.1. The molecule has 2 heterocycles. The summed E-state index contributed by atoms with van der Waals surface area (Å²) < 4.78 is 0.790. The second kappa shape index (κ2) is 5.87. The summed E-state index contributed by atoms with van der Waals surface area (Å²) in [6.45, 7) is 8.39. The SMILES string of the molecule is CC(Nc1cc(Br)nc(C(C)(C)C)n1)c1cccnc1. The Kier molecular flexibility index (Phi) is 4.38. The molecule has 2 rings (SSSR count). The fourth-order valence-corrected chi connectivity index (χ4v) is 2.15. The Morgan fingerprint density at radius 1 is 1.25 bits per heavy atom. The molecule has 4 nitrogen and oxygen atoms in total. The summed E-state index contributed by atoms with van der Waals surface area (Å²) in [4.78, 5) is 13.2. The molecule has 0 aliphatic rings. The van der Waals surface area contributed by atoms with E-state index in [-0.39, 0.29) is 11.5 Å². The van der Waals surface area contributed by atoms with Gasteiger partial charge in [0.1, 0.15) is 16.2 Å². The molecular weight excluding hydrogens is 316 g/mol. The summed E-state index contributed by atoms with van der Waals surface area (Å²) in [5, 5.41) is 3.39. The van der Waals surface area contributed by atoms with Crippen LogP contribution in [-0.2, 0) is 5.41 Å². The van der Waals surface area contributed by atoms with Gasteiger partial charge in [0.25, 0.3) is 0 Å². The molecule has 0 spiro atoms. The van der Waals surface area contributed by atoms with Crippen LogP contribution in [0.25, 0.3) is 0 Å². The topological polar surface area (TPSA) is 50.7 Å². The Morgan fingerprint density at radius 2 is 2.00 bits per heavy atom. The van der Waals surface area contributed by atoms with Crippen LogP contribution in [0.3, 0.4) is 0 Å². The number of aromatic nitrogens is 3. The van der Waals surface area contributed by atoms with Crippen molar-refractivity contribution in [3.05, 3.63) is 46.6 Å². The standard InChI is InChI=1S/C15H19BrN4/c1-10(11-6-5-7-17-9-11)18-13-8-12(16)19-14(20-13)15(2,3)4/h5-10H,1-4H3,(H,18,19,20). The van der Waals surface area contributed by atoms with E-state index in [1.54, 1.807) is 6.20 Å². The maximum absolute atomic E-state index is 4.60. The molecule has 1 unspecified atom stereocenters. The van der Waals surface area contributed by atoms with Crippen LogP contribution in [0, 0.1) is 0 Å². The van der Waals surface area contributed by atoms with Gasteiger partial charge < -0.3 is 5.32 Å². The highest BCUT2D eigenvalue weighted by atomic mass is 79.9. The number of hydrogen-bond acceptors (Lipinski definition) is 4. The molecular formula is C15H19BrN4. The first-order valence-corrected chi connectivity index (χ1v) is 7.37. The van der Waals surface area contributed by atoms with Gasteiger partial charge in [-0.2, -0.15) is 0 Å². The minimum absolute atomic E-state index is 0.0856. The van der Waals surface area contributed by atoms with Gasteiger partial charge in [-0.15, -0.1) is 0 Å². The van der Waals surface area contributed by atoms with Gasteiger partial charge in [-0.1, -0.05) is 26.8 Å². The summed E-state index contributed by atoms with van der Waals surface area (Å²) in [6.07, 6.45) is 3.63. The molecule has 5 heteroatoms. The molecule has 0 radical (unpaired) electrons. The van der Waals surface area contributed by atoms with Crippen molar-refractivity contribution in [3.63, 3.8) is 0 Å². The van der Waals surface area contributed by atoms with Gasteiger partial charge in [-0.25, -0.2) is 9.97 Å². The zero-order chi connectivity index (χ0) is 14.8. The first-order valence-electron chi connectivity index (χ1n) is 6.58.